The first kappa shape index (κ1) is 19.2. The zero-order chi connectivity index (χ0) is 19.6. The summed E-state index contributed by atoms with van der Waals surface area (Å²) in [6, 6.07) is 5.12. The van der Waals surface area contributed by atoms with E-state index in [0.29, 0.717) is 33.1 Å². The zero-order valence-electron chi connectivity index (χ0n) is 15.2. The highest BCUT2D eigenvalue weighted by molar-refractivity contribution is 7.99. The van der Waals surface area contributed by atoms with Gasteiger partial charge in [-0.2, -0.15) is 4.98 Å². The van der Waals surface area contributed by atoms with Gasteiger partial charge in [0.15, 0.2) is 0 Å². The van der Waals surface area contributed by atoms with Crippen molar-refractivity contribution in [2.24, 2.45) is 0 Å². The van der Waals surface area contributed by atoms with Crippen LogP contribution in [0.25, 0.3) is 5.78 Å². The maximum atomic E-state index is 12.3. The number of anilines is 1. The monoisotopic (exact) mass is 407 g/mol. The minimum atomic E-state index is -0.234. The van der Waals surface area contributed by atoms with Crippen molar-refractivity contribution >= 4 is 40.7 Å². The molecule has 142 valence electrons. The van der Waals surface area contributed by atoms with Crippen LogP contribution in [0.4, 0.5) is 5.69 Å². The Morgan fingerprint density at radius 2 is 1.93 bits per heavy atom. The Balaban J connectivity index is 1.71. The Morgan fingerprint density at radius 1 is 1.19 bits per heavy atom. The second kappa shape index (κ2) is 8.01. The van der Waals surface area contributed by atoms with Gasteiger partial charge < -0.3 is 14.8 Å². The van der Waals surface area contributed by atoms with Gasteiger partial charge in [-0.15, -0.1) is 5.10 Å². The fourth-order valence-corrected chi connectivity index (χ4v) is 3.33. The van der Waals surface area contributed by atoms with Crippen LogP contribution >= 0.6 is 23.4 Å². The molecular weight excluding hydrogens is 390 g/mol. The molecule has 0 radical (unpaired) electrons. The van der Waals surface area contributed by atoms with E-state index in [0.717, 1.165) is 11.4 Å². The molecule has 1 aromatic carbocycles. The molecule has 0 aliphatic carbocycles. The van der Waals surface area contributed by atoms with Crippen LogP contribution in [-0.4, -0.2) is 45.5 Å². The molecule has 2 aromatic heterocycles. The van der Waals surface area contributed by atoms with Crippen molar-refractivity contribution in [2.45, 2.75) is 19.0 Å². The fourth-order valence-electron chi connectivity index (χ4n) is 2.48. The SMILES string of the molecule is COc1cc(NC(=O)CSc2nc3nc(C)cc(C)n3n2)c(OC)cc1Cl. The van der Waals surface area contributed by atoms with E-state index in [4.69, 9.17) is 21.1 Å². The maximum absolute atomic E-state index is 12.3. The normalized spacial score (nSPS) is 10.9. The van der Waals surface area contributed by atoms with E-state index in [2.05, 4.69) is 20.4 Å². The predicted molar refractivity (Wildman–Crippen MR) is 104 cm³/mol. The summed E-state index contributed by atoms with van der Waals surface area (Å²) in [5.41, 5.74) is 2.27. The number of fused-ring (bicyclic) bond motifs is 1. The molecule has 8 nitrogen and oxygen atoms in total. The van der Waals surface area contributed by atoms with Crippen molar-refractivity contribution in [3.63, 3.8) is 0 Å². The van der Waals surface area contributed by atoms with Gasteiger partial charge in [-0.25, -0.2) is 9.50 Å². The van der Waals surface area contributed by atoms with Gasteiger partial charge in [0.25, 0.3) is 5.78 Å². The van der Waals surface area contributed by atoms with Gasteiger partial charge in [-0.05, 0) is 19.9 Å². The Morgan fingerprint density at radius 3 is 2.63 bits per heavy atom. The van der Waals surface area contributed by atoms with Gasteiger partial charge >= 0.3 is 0 Å². The average Bonchev–Trinajstić information content (AvgIpc) is 3.04. The number of ether oxygens (including phenoxy) is 2. The van der Waals surface area contributed by atoms with Gasteiger partial charge in [0.1, 0.15) is 11.5 Å². The van der Waals surface area contributed by atoms with E-state index >= 15 is 0 Å². The number of carbonyl (C=O) groups is 1. The molecule has 0 spiro atoms. The third-order valence-corrected chi connectivity index (χ3v) is 4.81. The number of hydrogen-bond donors (Lipinski definition) is 1. The van der Waals surface area contributed by atoms with Crippen molar-refractivity contribution in [1.82, 2.24) is 19.6 Å². The molecule has 3 rings (SSSR count). The van der Waals surface area contributed by atoms with E-state index < -0.39 is 0 Å². The molecule has 0 saturated heterocycles. The summed E-state index contributed by atoms with van der Waals surface area (Å²) in [7, 11) is 3.00. The molecule has 10 heteroatoms. The summed E-state index contributed by atoms with van der Waals surface area (Å²) in [5, 5.41) is 8.03. The molecule has 0 fully saturated rings. The molecule has 1 N–H and O–H groups in total. The first-order valence-corrected chi connectivity index (χ1v) is 9.33. The van der Waals surface area contributed by atoms with E-state index in [1.165, 1.54) is 26.0 Å². The van der Waals surface area contributed by atoms with Crippen LogP contribution in [0.1, 0.15) is 11.4 Å². The molecule has 0 unspecified atom stereocenters. The van der Waals surface area contributed by atoms with E-state index in [1.54, 1.807) is 16.6 Å². The second-order valence-corrected chi connectivity index (χ2v) is 7.02. The van der Waals surface area contributed by atoms with Gasteiger partial charge in [-0.3, -0.25) is 4.79 Å². The summed E-state index contributed by atoms with van der Waals surface area (Å²) in [4.78, 5) is 21.0. The fraction of sp³-hybridized carbons (Fsp3) is 0.294. The lowest BCUT2D eigenvalue weighted by Crippen LogP contribution is -2.15. The second-order valence-electron chi connectivity index (χ2n) is 5.67. The van der Waals surface area contributed by atoms with Gasteiger partial charge in [-0.1, -0.05) is 23.4 Å². The smallest absolute Gasteiger partial charge is 0.253 e. The Kier molecular flexibility index (Phi) is 5.71. The summed E-state index contributed by atoms with van der Waals surface area (Å²) < 4.78 is 12.1. The first-order valence-electron chi connectivity index (χ1n) is 7.96. The molecule has 0 aliphatic rings. The first-order chi connectivity index (χ1) is 12.9. The van der Waals surface area contributed by atoms with Crippen molar-refractivity contribution in [2.75, 3.05) is 25.3 Å². The number of hydrogen-bond acceptors (Lipinski definition) is 7. The minimum absolute atomic E-state index is 0.128. The molecular formula is C17H18ClN5O3S. The lowest BCUT2D eigenvalue weighted by molar-refractivity contribution is -0.113. The number of amides is 1. The Hall–Kier alpha value is -2.52. The molecule has 2 heterocycles. The molecule has 27 heavy (non-hydrogen) atoms. The number of rotatable bonds is 6. The van der Waals surface area contributed by atoms with Crippen molar-refractivity contribution in [3.05, 3.63) is 34.6 Å². The number of aromatic nitrogens is 4. The van der Waals surface area contributed by atoms with E-state index in [1.807, 2.05) is 19.9 Å². The zero-order valence-corrected chi connectivity index (χ0v) is 16.8. The number of nitrogens with one attached hydrogen (secondary N) is 1. The summed E-state index contributed by atoms with van der Waals surface area (Å²) in [6.07, 6.45) is 0. The van der Waals surface area contributed by atoms with Crippen LogP contribution in [0.2, 0.25) is 5.02 Å². The van der Waals surface area contributed by atoms with Gasteiger partial charge in [0, 0.05) is 23.5 Å². The molecule has 0 aliphatic heterocycles. The third-order valence-electron chi connectivity index (χ3n) is 3.68. The van der Waals surface area contributed by atoms with Crippen molar-refractivity contribution < 1.29 is 14.3 Å². The molecule has 3 aromatic rings. The standard InChI is InChI=1S/C17H18ClN5O3S/c1-9-5-10(2)23-16(19-9)21-17(22-23)27-8-15(24)20-12-7-13(25-3)11(18)6-14(12)26-4/h5-7H,8H2,1-4H3,(H,20,24). The third kappa shape index (κ3) is 4.25. The topological polar surface area (TPSA) is 90.6 Å². The van der Waals surface area contributed by atoms with E-state index in [-0.39, 0.29) is 11.7 Å². The van der Waals surface area contributed by atoms with Crippen LogP contribution in [0.15, 0.2) is 23.4 Å². The Labute approximate surface area is 165 Å². The van der Waals surface area contributed by atoms with Crippen LogP contribution < -0.4 is 14.8 Å². The van der Waals surface area contributed by atoms with Crippen molar-refractivity contribution in [1.29, 1.82) is 0 Å². The number of nitrogens with zero attached hydrogens (tertiary/aromatic N) is 4. The lowest BCUT2D eigenvalue weighted by Gasteiger charge is -2.12. The van der Waals surface area contributed by atoms with Crippen molar-refractivity contribution in [3.8, 4) is 11.5 Å². The van der Waals surface area contributed by atoms with Crippen LogP contribution in [0, 0.1) is 13.8 Å². The van der Waals surface area contributed by atoms with Crippen LogP contribution in [0.3, 0.4) is 0 Å². The number of aryl methyl sites for hydroxylation is 2. The number of carbonyl (C=O) groups excluding carboxylic acids is 1. The minimum Gasteiger partial charge on any atom is -0.495 e. The highest BCUT2D eigenvalue weighted by Crippen LogP contribution is 2.36. The predicted octanol–water partition coefficient (Wildman–Crippen LogP) is 3.14. The molecule has 1 amide bonds. The summed E-state index contributed by atoms with van der Waals surface area (Å²) in [5.74, 6) is 1.30. The number of methoxy groups -OCH3 is 2. The van der Waals surface area contributed by atoms with Gasteiger partial charge in [0.2, 0.25) is 11.1 Å². The lowest BCUT2D eigenvalue weighted by atomic mass is 10.2. The summed E-state index contributed by atoms with van der Waals surface area (Å²) in [6.45, 7) is 3.83. The average molecular weight is 408 g/mol. The number of thioether (sulfide) groups is 1. The molecule has 0 atom stereocenters. The quantitative estimate of drug-likeness (QED) is 0.627. The van der Waals surface area contributed by atoms with Gasteiger partial charge in [0.05, 0.1) is 30.7 Å². The van der Waals surface area contributed by atoms with Crippen LogP contribution in [-0.2, 0) is 4.79 Å². The van der Waals surface area contributed by atoms with Crippen LogP contribution in [0.5, 0.6) is 11.5 Å². The number of benzene rings is 1. The summed E-state index contributed by atoms with van der Waals surface area (Å²) >= 11 is 7.30. The molecule has 0 saturated carbocycles. The largest absolute Gasteiger partial charge is 0.495 e. The Bertz CT molecular complexity index is 1010. The number of halogens is 1. The highest BCUT2D eigenvalue weighted by atomic mass is 35.5. The maximum Gasteiger partial charge on any atom is 0.253 e. The van der Waals surface area contributed by atoms with E-state index in [9.17, 15) is 4.79 Å². The molecule has 0 bridgehead atoms. The highest BCUT2D eigenvalue weighted by Gasteiger charge is 2.14.